The molecule has 22 heavy (non-hydrogen) atoms. The Kier molecular flexibility index (Phi) is 4.03. The molecule has 0 bridgehead atoms. The third-order valence-electron chi connectivity index (χ3n) is 3.11. The van der Waals surface area contributed by atoms with Crippen molar-refractivity contribution in [1.29, 1.82) is 0 Å². The van der Waals surface area contributed by atoms with E-state index in [0.717, 1.165) is 21.8 Å². The zero-order valence-corrected chi connectivity index (χ0v) is 14.2. The summed E-state index contributed by atoms with van der Waals surface area (Å²) in [5.41, 5.74) is 1.31. The molecule has 3 nitrogen and oxygen atoms in total. The van der Waals surface area contributed by atoms with E-state index in [-0.39, 0.29) is 20.6 Å². The van der Waals surface area contributed by atoms with Gasteiger partial charge in [0.15, 0.2) is 5.43 Å². The maximum atomic E-state index is 12.3. The van der Waals surface area contributed by atoms with Gasteiger partial charge in [0.25, 0.3) is 0 Å². The molecule has 0 amide bonds. The SMILES string of the molecule is Cc1ccc2sc(-c3c(O)c(Cl)c(Cl)c(Cl)cc3=O)nc2c1. The van der Waals surface area contributed by atoms with Crippen molar-refractivity contribution in [2.45, 2.75) is 6.92 Å². The molecule has 3 rings (SSSR count). The molecule has 0 saturated carbocycles. The number of halogens is 3. The van der Waals surface area contributed by atoms with Crippen LogP contribution in [0.15, 0.2) is 29.1 Å². The number of fused-ring (bicyclic) bond motifs is 1. The Bertz CT molecular complexity index is 969. The van der Waals surface area contributed by atoms with E-state index in [1.54, 1.807) is 0 Å². The van der Waals surface area contributed by atoms with E-state index in [1.807, 2.05) is 25.1 Å². The normalized spacial score (nSPS) is 11.1. The van der Waals surface area contributed by atoms with E-state index in [4.69, 9.17) is 34.8 Å². The third kappa shape index (κ3) is 2.57. The van der Waals surface area contributed by atoms with Gasteiger partial charge in [-0.25, -0.2) is 4.98 Å². The van der Waals surface area contributed by atoms with Gasteiger partial charge in [-0.1, -0.05) is 40.9 Å². The zero-order chi connectivity index (χ0) is 16.0. The van der Waals surface area contributed by atoms with Crippen LogP contribution in [-0.2, 0) is 0 Å². The highest BCUT2D eigenvalue weighted by Crippen LogP contribution is 2.41. The molecule has 0 aliphatic carbocycles. The Morgan fingerprint density at radius 3 is 2.59 bits per heavy atom. The van der Waals surface area contributed by atoms with Crippen LogP contribution >= 0.6 is 46.1 Å². The van der Waals surface area contributed by atoms with Crippen LogP contribution in [0, 0.1) is 6.92 Å². The summed E-state index contributed by atoms with van der Waals surface area (Å²) in [4.78, 5) is 16.7. The van der Waals surface area contributed by atoms with Crippen LogP contribution in [0.25, 0.3) is 20.8 Å². The number of rotatable bonds is 1. The topological polar surface area (TPSA) is 50.2 Å². The van der Waals surface area contributed by atoms with Gasteiger partial charge >= 0.3 is 0 Å². The number of thiazole rings is 1. The minimum Gasteiger partial charge on any atom is -0.505 e. The Labute approximate surface area is 144 Å². The smallest absolute Gasteiger partial charge is 0.194 e. The van der Waals surface area contributed by atoms with Gasteiger partial charge in [0.05, 0.1) is 20.3 Å². The minimum atomic E-state index is -0.493. The van der Waals surface area contributed by atoms with Gasteiger partial charge in [-0.15, -0.1) is 11.3 Å². The standard InChI is InChI=1S/C15H8Cl3NO2S/c1-6-2-3-10-8(4-6)19-15(22-10)11-9(20)5-7(16)12(17)13(18)14(11)21/h2-5,21H,1H3. The third-order valence-corrected chi connectivity index (χ3v) is 5.41. The number of nitrogens with zero attached hydrogens (tertiary/aromatic N) is 1. The summed E-state index contributed by atoms with van der Waals surface area (Å²) in [5.74, 6) is -0.417. The summed E-state index contributed by atoms with van der Waals surface area (Å²) in [5, 5.41) is 10.4. The lowest BCUT2D eigenvalue weighted by atomic mass is 10.2. The first-order valence-electron chi connectivity index (χ1n) is 6.17. The average molecular weight is 373 g/mol. The van der Waals surface area contributed by atoms with Gasteiger partial charge in [-0.2, -0.15) is 0 Å². The molecular formula is C15H8Cl3NO2S. The second kappa shape index (κ2) is 5.70. The molecule has 0 fully saturated rings. The van der Waals surface area contributed by atoms with E-state index in [0.29, 0.717) is 5.01 Å². The summed E-state index contributed by atoms with van der Waals surface area (Å²) < 4.78 is 0.902. The molecule has 0 aliphatic rings. The van der Waals surface area contributed by atoms with Crippen molar-refractivity contribution in [1.82, 2.24) is 4.98 Å². The van der Waals surface area contributed by atoms with Crippen molar-refractivity contribution in [3.05, 3.63) is 55.1 Å². The first-order chi connectivity index (χ1) is 10.4. The minimum absolute atomic E-state index is 0.00217. The molecule has 7 heteroatoms. The van der Waals surface area contributed by atoms with Gasteiger partial charge in [0.1, 0.15) is 21.3 Å². The summed E-state index contributed by atoms with van der Waals surface area (Å²) in [7, 11) is 0. The molecule has 0 radical (unpaired) electrons. The maximum Gasteiger partial charge on any atom is 0.194 e. The molecular weight excluding hydrogens is 365 g/mol. The maximum absolute atomic E-state index is 12.3. The second-order valence-electron chi connectivity index (χ2n) is 4.70. The largest absolute Gasteiger partial charge is 0.505 e. The first kappa shape index (κ1) is 15.6. The van der Waals surface area contributed by atoms with E-state index in [1.165, 1.54) is 11.3 Å². The Morgan fingerprint density at radius 2 is 1.86 bits per heavy atom. The molecule has 3 aromatic rings. The van der Waals surface area contributed by atoms with Crippen LogP contribution in [-0.4, -0.2) is 10.1 Å². The highest BCUT2D eigenvalue weighted by atomic mass is 35.5. The highest BCUT2D eigenvalue weighted by molar-refractivity contribution is 7.21. The van der Waals surface area contributed by atoms with Crippen molar-refractivity contribution < 1.29 is 5.11 Å². The van der Waals surface area contributed by atoms with Gasteiger partial charge < -0.3 is 5.11 Å². The molecule has 1 heterocycles. The van der Waals surface area contributed by atoms with Crippen molar-refractivity contribution in [3.8, 4) is 16.3 Å². The number of hydrogen-bond acceptors (Lipinski definition) is 4. The van der Waals surface area contributed by atoms with E-state index >= 15 is 0 Å². The quantitative estimate of drug-likeness (QED) is 0.631. The monoisotopic (exact) mass is 371 g/mol. The van der Waals surface area contributed by atoms with Crippen LogP contribution in [0.1, 0.15) is 5.56 Å². The summed E-state index contributed by atoms with van der Waals surface area (Å²) in [6, 6.07) is 6.90. The number of aromatic hydroxyl groups is 1. The molecule has 0 saturated heterocycles. The summed E-state index contributed by atoms with van der Waals surface area (Å²) in [6.45, 7) is 1.95. The predicted molar refractivity (Wildman–Crippen MR) is 92.8 cm³/mol. The van der Waals surface area contributed by atoms with E-state index in [2.05, 4.69) is 4.98 Å². The fourth-order valence-corrected chi connectivity index (χ4v) is 3.62. The lowest BCUT2D eigenvalue weighted by Crippen LogP contribution is -1.99. The van der Waals surface area contributed by atoms with Crippen LogP contribution in [0.5, 0.6) is 5.75 Å². The molecule has 112 valence electrons. The van der Waals surface area contributed by atoms with Crippen LogP contribution < -0.4 is 5.43 Å². The lowest BCUT2D eigenvalue weighted by Gasteiger charge is -1.97. The van der Waals surface area contributed by atoms with Crippen molar-refractivity contribution in [3.63, 3.8) is 0 Å². The first-order valence-corrected chi connectivity index (χ1v) is 8.12. The highest BCUT2D eigenvalue weighted by Gasteiger charge is 2.19. The van der Waals surface area contributed by atoms with Gasteiger partial charge in [0, 0.05) is 6.07 Å². The van der Waals surface area contributed by atoms with Gasteiger partial charge in [-0.3, -0.25) is 4.79 Å². The van der Waals surface area contributed by atoms with Gasteiger partial charge in [-0.05, 0) is 24.6 Å². The zero-order valence-electron chi connectivity index (χ0n) is 11.2. The fraction of sp³-hybridized carbons (Fsp3) is 0.0667. The molecule has 1 N–H and O–H groups in total. The molecule has 0 atom stereocenters. The summed E-state index contributed by atoms with van der Waals surface area (Å²) in [6.07, 6.45) is 0. The lowest BCUT2D eigenvalue weighted by molar-refractivity contribution is 0.478. The molecule has 0 aliphatic heterocycles. The Morgan fingerprint density at radius 1 is 1.14 bits per heavy atom. The number of benzene rings is 1. The van der Waals surface area contributed by atoms with Crippen LogP contribution in [0.2, 0.25) is 15.1 Å². The van der Waals surface area contributed by atoms with Crippen molar-refractivity contribution >= 4 is 56.4 Å². The number of hydrogen-bond donors (Lipinski definition) is 1. The molecule has 1 aromatic heterocycles. The molecule has 0 spiro atoms. The molecule has 0 unspecified atom stereocenters. The van der Waals surface area contributed by atoms with Crippen LogP contribution in [0.4, 0.5) is 0 Å². The number of aromatic nitrogens is 1. The van der Waals surface area contributed by atoms with E-state index < -0.39 is 11.2 Å². The fourth-order valence-electron chi connectivity index (χ4n) is 2.04. The Hall–Kier alpha value is -1.33. The Balaban J connectivity index is 2.38. The van der Waals surface area contributed by atoms with Crippen molar-refractivity contribution in [2.24, 2.45) is 0 Å². The average Bonchev–Trinajstić information content (AvgIpc) is 2.84. The van der Waals surface area contributed by atoms with Crippen molar-refractivity contribution in [2.75, 3.05) is 0 Å². The predicted octanol–water partition coefficient (Wildman–Crippen LogP) is 5.30. The summed E-state index contributed by atoms with van der Waals surface area (Å²) >= 11 is 19.1. The van der Waals surface area contributed by atoms with E-state index in [9.17, 15) is 9.90 Å². The van der Waals surface area contributed by atoms with Gasteiger partial charge in [0.2, 0.25) is 0 Å². The molecule has 2 aromatic carbocycles. The van der Waals surface area contributed by atoms with Crippen LogP contribution in [0.3, 0.4) is 0 Å². The number of aryl methyl sites for hydroxylation is 1. The second-order valence-corrected chi connectivity index (χ2v) is 6.89.